The maximum Gasteiger partial charge on any atom is 0.115 e. The van der Waals surface area contributed by atoms with Gasteiger partial charge >= 0.3 is 0 Å². The van der Waals surface area contributed by atoms with Crippen LogP contribution in [-0.4, -0.2) is 11.7 Å². The number of phenolic OH excluding ortho intramolecular Hbond substituents is 1. The predicted molar refractivity (Wildman–Crippen MR) is 73.7 cm³/mol. The Hall–Kier alpha value is -1.02. The van der Waals surface area contributed by atoms with Gasteiger partial charge in [0.15, 0.2) is 0 Å². The van der Waals surface area contributed by atoms with Crippen LogP contribution in [-0.2, 0) is 6.42 Å². The van der Waals surface area contributed by atoms with Gasteiger partial charge in [-0.25, -0.2) is 0 Å². The number of benzene rings is 1. The van der Waals surface area contributed by atoms with Crippen molar-refractivity contribution in [1.29, 1.82) is 0 Å². The summed E-state index contributed by atoms with van der Waals surface area (Å²) < 4.78 is 0. The molecule has 0 radical (unpaired) electrons. The number of hydrogen-bond acceptors (Lipinski definition) is 2. The van der Waals surface area contributed by atoms with E-state index in [0.717, 1.165) is 12.3 Å². The Balaban J connectivity index is 1.67. The molecule has 0 spiro atoms. The molecular weight excluding hydrogens is 222 g/mol. The summed E-state index contributed by atoms with van der Waals surface area (Å²) in [4.78, 5) is 0. The van der Waals surface area contributed by atoms with E-state index in [0.29, 0.717) is 11.8 Å². The molecule has 1 aromatic carbocycles. The van der Waals surface area contributed by atoms with E-state index in [1.807, 2.05) is 12.1 Å². The number of nitrogens with one attached hydrogen (secondary N) is 1. The molecule has 3 rings (SSSR count). The summed E-state index contributed by atoms with van der Waals surface area (Å²) in [5.41, 5.74) is 2.75. The summed E-state index contributed by atoms with van der Waals surface area (Å²) in [7, 11) is 0. The molecule has 2 N–H and O–H groups in total. The van der Waals surface area contributed by atoms with E-state index in [1.54, 1.807) is 0 Å². The van der Waals surface area contributed by atoms with Crippen molar-refractivity contribution in [3.05, 3.63) is 29.3 Å². The molecule has 0 aliphatic heterocycles. The first-order valence-electron chi connectivity index (χ1n) is 7.38. The molecule has 1 atom stereocenters. The van der Waals surface area contributed by atoms with Crippen LogP contribution in [0, 0.1) is 5.92 Å². The Kier molecular flexibility index (Phi) is 3.55. The minimum absolute atomic E-state index is 0.408. The highest BCUT2D eigenvalue weighted by Gasteiger charge is 2.22. The van der Waals surface area contributed by atoms with Crippen molar-refractivity contribution in [2.75, 3.05) is 6.54 Å². The van der Waals surface area contributed by atoms with Crippen LogP contribution in [0.3, 0.4) is 0 Å². The van der Waals surface area contributed by atoms with Crippen molar-refractivity contribution in [3.63, 3.8) is 0 Å². The van der Waals surface area contributed by atoms with E-state index in [1.165, 1.54) is 56.2 Å². The lowest BCUT2D eigenvalue weighted by molar-refractivity contribution is 0.402. The number of rotatable bonds is 3. The van der Waals surface area contributed by atoms with Crippen LogP contribution in [0.1, 0.15) is 55.7 Å². The van der Waals surface area contributed by atoms with E-state index in [9.17, 15) is 5.11 Å². The summed E-state index contributed by atoms with van der Waals surface area (Å²) in [6.45, 7) is 1.17. The second-order valence-corrected chi connectivity index (χ2v) is 5.89. The molecule has 1 saturated carbocycles. The first-order chi connectivity index (χ1) is 8.83. The number of hydrogen-bond donors (Lipinski definition) is 2. The van der Waals surface area contributed by atoms with Gasteiger partial charge in [0.05, 0.1) is 0 Å². The van der Waals surface area contributed by atoms with Crippen LogP contribution in [0.5, 0.6) is 5.75 Å². The molecule has 0 saturated heterocycles. The second-order valence-electron chi connectivity index (χ2n) is 5.89. The molecule has 1 aromatic rings. The third-order valence-corrected chi connectivity index (χ3v) is 4.57. The molecular formula is C16H23NO. The maximum absolute atomic E-state index is 9.56. The zero-order valence-corrected chi connectivity index (χ0v) is 11.0. The van der Waals surface area contributed by atoms with Crippen molar-refractivity contribution in [2.24, 2.45) is 5.92 Å². The SMILES string of the molecule is Oc1ccc2c(c1)CCCC2NCC1CCCC1. The summed E-state index contributed by atoms with van der Waals surface area (Å²) in [6.07, 6.45) is 9.24. The number of fused-ring (bicyclic) bond motifs is 1. The van der Waals surface area contributed by atoms with E-state index in [-0.39, 0.29) is 0 Å². The third-order valence-electron chi connectivity index (χ3n) is 4.57. The molecule has 98 valence electrons. The number of phenols is 1. The molecule has 1 unspecified atom stereocenters. The Labute approximate surface area is 109 Å². The van der Waals surface area contributed by atoms with Gasteiger partial charge < -0.3 is 10.4 Å². The number of aryl methyl sites for hydroxylation is 1. The van der Waals surface area contributed by atoms with Crippen LogP contribution in [0.4, 0.5) is 0 Å². The molecule has 2 nitrogen and oxygen atoms in total. The van der Waals surface area contributed by atoms with Crippen LogP contribution >= 0.6 is 0 Å². The van der Waals surface area contributed by atoms with Gasteiger partial charge in [-0.1, -0.05) is 18.9 Å². The van der Waals surface area contributed by atoms with Crippen LogP contribution in [0.15, 0.2) is 18.2 Å². The summed E-state index contributed by atoms with van der Waals surface area (Å²) in [5, 5.41) is 13.3. The summed E-state index contributed by atoms with van der Waals surface area (Å²) >= 11 is 0. The van der Waals surface area contributed by atoms with Crippen molar-refractivity contribution >= 4 is 0 Å². The fourth-order valence-corrected chi connectivity index (χ4v) is 3.54. The van der Waals surface area contributed by atoms with Gasteiger partial charge in [0.2, 0.25) is 0 Å². The largest absolute Gasteiger partial charge is 0.508 e. The third kappa shape index (κ3) is 2.54. The molecule has 2 aliphatic rings. The Morgan fingerprint density at radius 1 is 1.11 bits per heavy atom. The lowest BCUT2D eigenvalue weighted by atomic mass is 9.87. The molecule has 0 heterocycles. The highest BCUT2D eigenvalue weighted by molar-refractivity contribution is 5.38. The smallest absolute Gasteiger partial charge is 0.115 e. The van der Waals surface area contributed by atoms with Crippen LogP contribution in [0.25, 0.3) is 0 Å². The standard InChI is InChI=1S/C16H23NO/c18-14-8-9-15-13(10-14)6-3-7-16(15)17-11-12-4-1-2-5-12/h8-10,12,16-18H,1-7,11H2. The zero-order valence-electron chi connectivity index (χ0n) is 11.0. The maximum atomic E-state index is 9.56. The van der Waals surface area contributed by atoms with E-state index >= 15 is 0 Å². The van der Waals surface area contributed by atoms with Crippen molar-refractivity contribution in [1.82, 2.24) is 5.32 Å². The molecule has 0 amide bonds. The number of aromatic hydroxyl groups is 1. The van der Waals surface area contributed by atoms with Crippen molar-refractivity contribution < 1.29 is 5.11 Å². The molecule has 0 bridgehead atoms. The topological polar surface area (TPSA) is 32.3 Å². The van der Waals surface area contributed by atoms with Gasteiger partial charge in [-0.3, -0.25) is 0 Å². The Morgan fingerprint density at radius 3 is 2.78 bits per heavy atom. The summed E-state index contributed by atoms with van der Waals surface area (Å²) in [5.74, 6) is 1.30. The fraction of sp³-hybridized carbons (Fsp3) is 0.625. The van der Waals surface area contributed by atoms with Crippen LogP contribution < -0.4 is 5.32 Å². The van der Waals surface area contributed by atoms with E-state index in [2.05, 4.69) is 11.4 Å². The van der Waals surface area contributed by atoms with Crippen LogP contribution in [0.2, 0.25) is 0 Å². The fourth-order valence-electron chi connectivity index (χ4n) is 3.54. The van der Waals surface area contributed by atoms with Gasteiger partial charge in [0.25, 0.3) is 0 Å². The molecule has 2 heteroatoms. The predicted octanol–water partition coefficient (Wildman–Crippen LogP) is 3.55. The first kappa shape index (κ1) is 12.0. The molecule has 18 heavy (non-hydrogen) atoms. The summed E-state index contributed by atoms with van der Waals surface area (Å²) in [6, 6.07) is 6.39. The lowest BCUT2D eigenvalue weighted by Gasteiger charge is -2.27. The minimum Gasteiger partial charge on any atom is -0.508 e. The Bertz CT molecular complexity index is 410. The van der Waals surface area contributed by atoms with Gasteiger partial charge in [0, 0.05) is 6.04 Å². The average molecular weight is 245 g/mol. The highest BCUT2D eigenvalue weighted by Crippen LogP contribution is 2.32. The van der Waals surface area contributed by atoms with Gasteiger partial charge in [0.1, 0.15) is 5.75 Å². The zero-order chi connectivity index (χ0) is 12.4. The quantitative estimate of drug-likeness (QED) is 0.853. The van der Waals surface area contributed by atoms with Crippen molar-refractivity contribution in [2.45, 2.75) is 51.0 Å². The monoisotopic (exact) mass is 245 g/mol. The van der Waals surface area contributed by atoms with Crippen molar-refractivity contribution in [3.8, 4) is 5.75 Å². The van der Waals surface area contributed by atoms with Gasteiger partial charge in [-0.2, -0.15) is 0 Å². The first-order valence-corrected chi connectivity index (χ1v) is 7.38. The average Bonchev–Trinajstić information content (AvgIpc) is 2.89. The lowest BCUT2D eigenvalue weighted by Crippen LogP contribution is -2.29. The Morgan fingerprint density at radius 2 is 1.94 bits per heavy atom. The molecule has 2 aliphatic carbocycles. The highest BCUT2D eigenvalue weighted by atomic mass is 16.3. The van der Waals surface area contributed by atoms with Gasteiger partial charge in [-0.05, 0) is 67.8 Å². The minimum atomic E-state index is 0.408. The van der Waals surface area contributed by atoms with E-state index in [4.69, 9.17) is 0 Å². The van der Waals surface area contributed by atoms with E-state index < -0.39 is 0 Å². The second kappa shape index (κ2) is 5.31. The normalized spacial score (nSPS) is 24.1. The van der Waals surface area contributed by atoms with Gasteiger partial charge in [-0.15, -0.1) is 0 Å². The molecule has 0 aromatic heterocycles. The molecule has 1 fully saturated rings.